The monoisotopic (exact) mass is 331 g/mol. The van der Waals surface area contributed by atoms with Crippen molar-refractivity contribution in [2.75, 3.05) is 37.1 Å². The number of hydrogen-bond donors (Lipinski definition) is 1. The first-order valence-corrected chi connectivity index (χ1v) is 7.84. The molecule has 0 fully saturated rings. The summed E-state index contributed by atoms with van der Waals surface area (Å²) in [7, 11) is 1.53. The van der Waals surface area contributed by atoms with E-state index in [0.717, 1.165) is 5.56 Å². The second-order valence-electron chi connectivity index (χ2n) is 4.21. The number of thioether (sulfide) groups is 1. The van der Waals surface area contributed by atoms with Gasteiger partial charge in [-0.3, -0.25) is 9.59 Å². The van der Waals surface area contributed by atoms with Crippen LogP contribution >= 0.6 is 23.4 Å². The Labute approximate surface area is 133 Å². The maximum absolute atomic E-state index is 11.8. The number of methoxy groups -OCH3 is 1. The van der Waals surface area contributed by atoms with Crippen molar-refractivity contribution in [2.24, 2.45) is 0 Å². The standard InChI is InChI=1S/C14H18ClNO4S/c1-10-7-11(15)3-4-12(10)16-13(17)8-21-9-14(18)20-6-5-19-2/h3-4,7H,5-6,8-9H2,1-2H3,(H,16,17). The van der Waals surface area contributed by atoms with Crippen molar-refractivity contribution in [3.8, 4) is 0 Å². The number of ether oxygens (including phenoxy) is 2. The van der Waals surface area contributed by atoms with Crippen molar-refractivity contribution in [1.29, 1.82) is 0 Å². The Morgan fingerprint density at radius 2 is 2.05 bits per heavy atom. The fourth-order valence-electron chi connectivity index (χ4n) is 1.46. The van der Waals surface area contributed by atoms with Crippen LogP contribution in [0.2, 0.25) is 5.02 Å². The number of rotatable bonds is 8. The van der Waals surface area contributed by atoms with Gasteiger partial charge in [0.1, 0.15) is 6.61 Å². The van der Waals surface area contributed by atoms with Gasteiger partial charge < -0.3 is 14.8 Å². The van der Waals surface area contributed by atoms with Crippen LogP contribution in [0.4, 0.5) is 5.69 Å². The summed E-state index contributed by atoms with van der Waals surface area (Å²) in [5, 5.41) is 3.40. The van der Waals surface area contributed by atoms with E-state index in [9.17, 15) is 9.59 Å². The maximum Gasteiger partial charge on any atom is 0.315 e. The van der Waals surface area contributed by atoms with Gasteiger partial charge in [0.25, 0.3) is 0 Å². The third-order valence-electron chi connectivity index (χ3n) is 2.47. The summed E-state index contributed by atoms with van der Waals surface area (Å²) in [4.78, 5) is 23.1. The highest BCUT2D eigenvalue weighted by atomic mass is 35.5. The molecule has 0 aliphatic carbocycles. The highest BCUT2D eigenvalue weighted by molar-refractivity contribution is 8.00. The quantitative estimate of drug-likeness (QED) is 0.585. The molecule has 5 nitrogen and oxygen atoms in total. The molecule has 0 aromatic heterocycles. The van der Waals surface area contributed by atoms with Gasteiger partial charge in [0, 0.05) is 17.8 Å². The summed E-state index contributed by atoms with van der Waals surface area (Å²) in [6.45, 7) is 2.46. The molecule has 1 rings (SSSR count). The third kappa shape index (κ3) is 7.36. The SMILES string of the molecule is COCCOC(=O)CSCC(=O)Nc1ccc(Cl)cc1C. The number of amides is 1. The molecular formula is C14H18ClNO4S. The van der Waals surface area contributed by atoms with E-state index in [1.54, 1.807) is 18.2 Å². The zero-order chi connectivity index (χ0) is 15.7. The molecule has 0 aliphatic heterocycles. The first kappa shape index (κ1) is 17.8. The maximum atomic E-state index is 11.8. The molecule has 0 saturated heterocycles. The minimum atomic E-state index is -0.354. The van der Waals surface area contributed by atoms with E-state index >= 15 is 0 Å². The Hall–Kier alpha value is -1.24. The number of hydrogen-bond acceptors (Lipinski definition) is 5. The molecule has 0 saturated carbocycles. The number of halogens is 1. The van der Waals surface area contributed by atoms with Gasteiger partial charge in [-0.25, -0.2) is 0 Å². The largest absolute Gasteiger partial charge is 0.463 e. The van der Waals surface area contributed by atoms with Gasteiger partial charge in [-0.05, 0) is 30.7 Å². The first-order chi connectivity index (χ1) is 10.0. The Bertz CT molecular complexity index is 496. The van der Waals surface area contributed by atoms with E-state index in [4.69, 9.17) is 21.1 Å². The van der Waals surface area contributed by atoms with Crippen LogP contribution < -0.4 is 5.32 Å². The second-order valence-corrected chi connectivity index (χ2v) is 5.64. The summed E-state index contributed by atoms with van der Waals surface area (Å²) in [6.07, 6.45) is 0. The lowest BCUT2D eigenvalue weighted by molar-refractivity contribution is -0.141. The highest BCUT2D eigenvalue weighted by Crippen LogP contribution is 2.19. The van der Waals surface area contributed by atoms with Crippen molar-refractivity contribution in [3.05, 3.63) is 28.8 Å². The highest BCUT2D eigenvalue weighted by Gasteiger charge is 2.08. The number of esters is 1. The molecular weight excluding hydrogens is 314 g/mol. The van der Waals surface area contributed by atoms with Gasteiger partial charge >= 0.3 is 5.97 Å². The van der Waals surface area contributed by atoms with E-state index in [1.165, 1.54) is 18.9 Å². The minimum Gasteiger partial charge on any atom is -0.463 e. The fraction of sp³-hybridized carbons (Fsp3) is 0.429. The van der Waals surface area contributed by atoms with E-state index in [0.29, 0.717) is 17.3 Å². The average Bonchev–Trinajstić information content (AvgIpc) is 2.42. The minimum absolute atomic E-state index is 0.136. The number of nitrogens with one attached hydrogen (secondary N) is 1. The molecule has 0 bridgehead atoms. The van der Waals surface area contributed by atoms with Crippen LogP contribution in [-0.4, -0.2) is 43.7 Å². The van der Waals surface area contributed by atoms with Crippen molar-refractivity contribution < 1.29 is 19.1 Å². The number of carbonyl (C=O) groups excluding carboxylic acids is 2. The summed E-state index contributed by atoms with van der Waals surface area (Å²) in [5.41, 5.74) is 1.60. The smallest absolute Gasteiger partial charge is 0.315 e. The molecule has 0 atom stereocenters. The fourth-order valence-corrected chi connectivity index (χ4v) is 2.30. The van der Waals surface area contributed by atoms with E-state index in [2.05, 4.69) is 5.32 Å². The lowest BCUT2D eigenvalue weighted by atomic mass is 10.2. The van der Waals surface area contributed by atoms with Crippen LogP contribution in [-0.2, 0) is 19.1 Å². The van der Waals surface area contributed by atoms with E-state index in [1.807, 2.05) is 6.92 Å². The molecule has 0 radical (unpaired) electrons. The average molecular weight is 332 g/mol. The van der Waals surface area contributed by atoms with Crippen molar-refractivity contribution in [1.82, 2.24) is 0 Å². The summed E-state index contributed by atoms with van der Waals surface area (Å²) in [6, 6.07) is 5.24. The second kappa shape index (κ2) is 9.65. The Kier molecular flexibility index (Phi) is 8.19. The molecule has 1 aromatic carbocycles. The molecule has 0 unspecified atom stereocenters. The van der Waals surface area contributed by atoms with Crippen LogP contribution in [0.25, 0.3) is 0 Å². The molecule has 116 valence electrons. The summed E-state index contributed by atoms with van der Waals surface area (Å²) in [5.74, 6) is -0.208. The van der Waals surface area contributed by atoms with Crippen LogP contribution in [0.5, 0.6) is 0 Å². The zero-order valence-electron chi connectivity index (χ0n) is 12.0. The van der Waals surface area contributed by atoms with Gasteiger partial charge in [-0.2, -0.15) is 0 Å². The molecule has 1 amide bonds. The van der Waals surface area contributed by atoms with Crippen LogP contribution in [0.1, 0.15) is 5.56 Å². The molecule has 7 heteroatoms. The molecule has 1 N–H and O–H groups in total. The number of benzene rings is 1. The first-order valence-electron chi connectivity index (χ1n) is 6.31. The van der Waals surface area contributed by atoms with Gasteiger partial charge in [-0.15, -0.1) is 11.8 Å². The normalized spacial score (nSPS) is 10.2. The lowest BCUT2D eigenvalue weighted by Crippen LogP contribution is -2.17. The zero-order valence-corrected chi connectivity index (χ0v) is 13.6. The van der Waals surface area contributed by atoms with Crippen molar-refractivity contribution >= 4 is 40.9 Å². The van der Waals surface area contributed by atoms with Crippen molar-refractivity contribution in [2.45, 2.75) is 6.92 Å². The van der Waals surface area contributed by atoms with Crippen molar-refractivity contribution in [3.63, 3.8) is 0 Å². The van der Waals surface area contributed by atoms with Gasteiger partial charge in [0.05, 0.1) is 18.1 Å². The van der Waals surface area contributed by atoms with Crippen LogP contribution in [0, 0.1) is 6.92 Å². The van der Waals surface area contributed by atoms with Gasteiger partial charge in [0.15, 0.2) is 0 Å². The number of anilines is 1. The predicted octanol–water partition coefficient (Wildman–Crippen LogP) is 2.51. The Morgan fingerprint density at radius 1 is 1.29 bits per heavy atom. The summed E-state index contributed by atoms with van der Waals surface area (Å²) < 4.78 is 9.65. The number of carbonyl (C=O) groups is 2. The Balaban J connectivity index is 2.26. The van der Waals surface area contributed by atoms with E-state index in [-0.39, 0.29) is 30.0 Å². The molecule has 21 heavy (non-hydrogen) atoms. The Morgan fingerprint density at radius 3 is 2.71 bits per heavy atom. The molecule has 1 aromatic rings. The molecule has 0 heterocycles. The van der Waals surface area contributed by atoms with Gasteiger partial charge in [-0.1, -0.05) is 11.6 Å². The van der Waals surface area contributed by atoms with E-state index < -0.39 is 0 Å². The predicted molar refractivity (Wildman–Crippen MR) is 85.0 cm³/mol. The molecule has 0 spiro atoms. The molecule has 0 aliphatic rings. The summed E-state index contributed by atoms with van der Waals surface area (Å²) >= 11 is 7.05. The number of aryl methyl sites for hydroxylation is 1. The van der Waals surface area contributed by atoms with Crippen LogP contribution in [0.3, 0.4) is 0 Å². The van der Waals surface area contributed by atoms with Crippen LogP contribution in [0.15, 0.2) is 18.2 Å². The third-order valence-corrected chi connectivity index (χ3v) is 3.61. The lowest BCUT2D eigenvalue weighted by Gasteiger charge is -2.08. The topological polar surface area (TPSA) is 64.6 Å². The van der Waals surface area contributed by atoms with Gasteiger partial charge in [0.2, 0.25) is 5.91 Å².